The molecule has 0 bridgehead atoms. The molecule has 1 aliphatic heterocycles. The summed E-state index contributed by atoms with van der Waals surface area (Å²) in [6, 6.07) is 0. The lowest BCUT2D eigenvalue weighted by atomic mass is 9.75. The molecule has 2 rings (SSSR count). The number of rotatable bonds is 5. The van der Waals surface area contributed by atoms with E-state index in [0.29, 0.717) is 19.5 Å². The molecule has 1 aromatic rings. The van der Waals surface area contributed by atoms with Gasteiger partial charge in [0.15, 0.2) is 0 Å². The van der Waals surface area contributed by atoms with Gasteiger partial charge in [0.1, 0.15) is 0 Å². The van der Waals surface area contributed by atoms with Crippen molar-refractivity contribution < 1.29 is 9.59 Å². The first-order valence-electron chi connectivity index (χ1n) is 8.30. The molecule has 6 heteroatoms. The minimum absolute atomic E-state index is 0.00334. The topological polar surface area (TPSA) is 75.2 Å². The van der Waals surface area contributed by atoms with Crippen LogP contribution >= 0.6 is 0 Å². The van der Waals surface area contributed by atoms with Crippen LogP contribution in [-0.4, -0.2) is 46.8 Å². The maximum absolute atomic E-state index is 12.5. The molecule has 0 aliphatic carbocycles. The number of hydrogen-bond donors (Lipinski definition) is 1. The largest absolute Gasteiger partial charge is 0.359 e. The second kappa shape index (κ2) is 8.44. The fraction of sp³-hybridized carbons (Fsp3) is 0.556. The van der Waals surface area contributed by atoms with Crippen LogP contribution in [0.2, 0.25) is 0 Å². The van der Waals surface area contributed by atoms with Gasteiger partial charge in [0.2, 0.25) is 5.91 Å². The standard InChI is InChI=1S/C18H24N4O2/c1-3-6-16(23)22-12-5-9-18(14-22,17(24)19-2)8-4-7-15-13-20-10-11-21-15/h10-11,13H,4-5,7-9,12,14H2,1-2H3,(H,19,24). The summed E-state index contributed by atoms with van der Waals surface area (Å²) in [5, 5.41) is 2.77. The Morgan fingerprint density at radius 2 is 2.25 bits per heavy atom. The monoisotopic (exact) mass is 328 g/mol. The predicted octanol–water partition coefficient (Wildman–Crippen LogP) is 1.18. The van der Waals surface area contributed by atoms with Gasteiger partial charge < -0.3 is 10.2 Å². The number of nitrogens with one attached hydrogen (secondary N) is 1. The number of carbonyl (C=O) groups is 2. The molecule has 1 saturated heterocycles. The third-order valence-electron chi connectivity index (χ3n) is 4.51. The minimum Gasteiger partial charge on any atom is -0.359 e. The van der Waals surface area contributed by atoms with E-state index in [4.69, 9.17) is 0 Å². The van der Waals surface area contributed by atoms with Crippen LogP contribution in [0.25, 0.3) is 0 Å². The molecule has 1 N–H and O–H groups in total. The van der Waals surface area contributed by atoms with E-state index in [1.165, 1.54) is 0 Å². The lowest BCUT2D eigenvalue weighted by Gasteiger charge is -2.41. The van der Waals surface area contributed by atoms with Gasteiger partial charge >= 0.3 is 0 Å². The van der Waals surface area contributed by atoms with Gasteiger partial charge in [-0.15, -0.1) is 0 Å². The molecule has 128 valence electrons. The second-order valence-electron chi connectivity index (χ2n) is 6.12. The van der Waals surface area contributed by atoms with Crippen LogP contribution in [-0.2, 0) is 16.0 Å². The second-order valence-corrected chi connectivity index (χ2v) is 6.12. The molecule has 1 aliphatic rings. The quantitative estimate of drug-likeness (QED) is 0.824. The summed E-state index contributed by atoms with van der Waals surface area (Å²) in [6.45, 7) is 2.74. The molecule has 0 saturated carbocycles. The first-order valence-corrected chi connectivity index (χ1v) is 8.30. The Bertz CT molecular complexity index is 635. The molecule has 0 aromatic carbocycles. The number of aromatic nitrogens is 2. The summed E-state index contributed by atoms with van der Waals surface area (Å²) in [4.78, 5) is 34.7. The SMILES string of the molecule is CC#CC(=O)N1CCCC(CCCc2cnccn2)(C(=O)NC)C1. The van der Waals surface area contributed by atoms with Gasteiger partial charge in [-0.3, -0.25) is 19.6 Å². The number of likely N-dealkylation sites (tertiary alicyclic amines) is 1. The zero-order valence-corrected chi connectivity index (χ0v) is 14.3. The van der Waals surface area contributed by atoms with Crippen molar-refractivity contribution in [3.63, 3.8) is 0 Å². The van der Waals surface area contributed by atoms with E-state index in [1.54, 1.807) is 37.5 Å². The molecule has 1 atom stereocenters. The number of amides is 2. The van der Waals surface area contributed by atoms with Gasteiger partial charge in [-0.1, -0.05) is 5.92 Å². The Morgan fingerprint density at radius 3 is 2.92 bits per heavy atom. The first kappa shape index (κ1) is 17.9. The van der Waals surface area contributed by atoms with E-state index >= 15 is 0 Å². The Balaban J connectivity index is 2.06. The van der Waals surface area contributed by atoms with Crippen LogP contribution in [0.3, 0.4) is 0 Å². The van der Waals surface area contributed by atoms with Gasteiger partial charge in [-0.2, -0.15) is 0 Å². The van der Waals surface area contributed by atoms with Crippen molar-refractivity contribution in [3.8, 4) is 11.8 Å². The third kappa shape index (κ3) is 4.31. The van der Waals surface area contributed by atoms with Crippen molar-refractivity contribution in [1.29, 1.82) is 0 Å². The molecule has 24 heavy (non-hydrogen) atoms. The molecule has 1 unspecified atom stereocenters. The maximum Gasteiger partial charge on any atom is 0.298 e. The van der Waals surface area contributed by atoms with E-state index in [1.807, 2.05) is 0 Å². The summed E-state index contributed by atoms with van der Waals surface area (Å²) < 4.78 is 0. The van der Waals surface area contributed by atoms with Crippen LogP contribution in [0, 0.1) is 17.3 Å². The molecular weight excluding hydrogens is 304 g/mol. The van der Waals surface area contributed by atoms with Crippen LogP contribution in [0.5, 0.6) is 0 Å². The molecular formula is C18H24N4O2. The highest BCUT2D eigenvalue weighted by Gasteiger charge is 2.42. The van der Waals surface area contributed by atoms with E-state index < -0.39 is 5.41 Å². The Labute approximate surface area is 143 Å². The number of hydrogen-bond acceptors (Lipinski definition) is 4. The summed E-state index contributed by atoms with van der Waals surface area (Å²) in [5.74, 6) is 5.03. The molecule has 2 amide bonds. The smallest absolute Gasteiger partial charge is 0.298 e. The fourth-order valence-electron chi connectivity index (χ4n) is 3.33. The molecule has 1 fully saturated rings. The predicted molar refractivity (Wildman–Crippen MR) is 90.7 cm³/mol. The van der Waals surface area contributed by atoms with E-state index in [-0.39, 0.29) is 11.8 Å². The van der Waals surface area contributed by atoms with Gasteiger partial charge in [-0.05, 0) is 44.9 Å². The number of carbonyl (C=O) groups excluding carboxylic acids is 2. The zero-order valence-electron chi connectivity index (χ0n) is 14.3. The Hall–Kier alpha value is -2.42. The van der Waals surface area contributed by atoms with Gasteiger partial charge in [0.25, 0.3) is 5.91 Å². The molecule has 1 aromatic heterocycles. The summed E-state index contributed by atoms with van der Waals surface area (Å²) in [7, 11) is 1.65. The van der Waals surface area contributed by atoms with Gasteiger partial charge in [0.05, 0.1) is 11.1 Å². The first-order chi connectivity index (χ1) is 11.6. The van der Waals surface area contributed by atoms with Crippen molar-refractivity contribution in [3.05, 3.63) is 24.3 Å². The Kier molecular flexibility index (Phi) is 6.30. The normalized spacial score (nSPS) is 20.0. The van der Waals surface area contributed by atoms with Crippen molar-refractivity contribution in [2.24, 2.45) is 5.41 Å². The highest BCUT2D eigenvalue weighted by molar-refractivity contribution is 5.94. The zero-order chi connectivity index (χ0) is 17.4. The van der Waals surface area contributed by atoms with Crippen molar-refractivity contribution >= 4 is 11.8 Å². The lowest BCUT2D eigenvalue weighted by Crippen LogP contribution is -2.52. The summed E-state index contributed by atoms with van der Waals surface area (Å²) in [6.07, 6.45) is 8.99. The summed E-state index contributed by atoms with van der Waals surface area (Å²) >= 11 is 0. The fourth-order valence-corrected chi connectivity index (χ4v) is 3.33. The van der Waals surface area contributed by atoms with Crippen molar-refractivity contribution in [2.75, 3.05) is 20.1 Å². The molecule has 0 spiro atoms. The van der Waals surface area contributed by atoms with Gasteiger partial charge in [0, 0.05) is 38.7 Å². The van der Waals surface area contributed by atoms with Crippen LogP contribution in [0.15, 0.2) is 18.6 Å². The average molecular weight is 328 g/mol. The van der Waals surface area contributed by atoms with Crippen molar-refractivity contribution in [2.45, 2.75) is 39.0 Å². The maximum atomic E-state index is 12.5. The highest BCUT2D eigenvalue weighted by atomic mass is 16.2. The van der Waals surface area contributed by atoms with Crippen molar-refractivity contribution in [1.82, 2.24) is 20.2 Å². The van der Waals surface area contributed by atoms with E-state index in [2.05, 4.69) is 27.1 Å². The molecule has 2 heterocycles. The molecule has 0 radical (unpaired) electrons. The molecule has 6 nitrogen and oxygen atoms in total. The van der Waals surface area contributed by atoms with E-state index in [9.17, 15) is 9.59 Å². The average Bonchev–Trinajstić information content (AvgIpc) is 2.62. The number of piperidine rings is 1. The van der Waals surface area contributed by atoms with Gasteiger partial charge in [-0.25, -0.2) is 0 Å². The summed E-state index contributed by atoms with van der Waals surface area (Å²) in [5.41, 5.74) is 0.380. The number of aryl methyl sites for hydroxylation is 1. The minimum atomic E-state index is -0.541. The highest BCUT2D eigenvalue weighted by Crippen LogP contribution is 2.35. The van der Waals surface area contributed by atoms with E-state index in [0.717, 1.165) is 31.4 Å². The van der Waals surface area contributed by atoms with Crippen LogP contribution in [0.4, 0.5) is 0 Å². The number of nitrogens with zero attached hydrogens (tertiary/aromatic N) is 3. The van der Waals surface area contributed by atoms with Crippen LogP contribution in [0.1, 0.15) is 38.3 Å². The lowest BCUT2D eigenvalue weighted by molar-refractivity contribution is -0.139. The third-order valence-corrected chi connectivity index (χ3v) is 4.51. The Morgan fingerprint density at radius 1 is 1.42 bits per heavy atom. The van der Waals surface area contributed by atoms with Crippen LogP contribution < -0.4 is 5.32 Å².